The molecule has 4 rings (SSSR count). The number of aromatic nitrogens is 3. The van der Waals surface area contributed by atoms with Crippen LogP contribution in [0, 0.1) is 6.92 Å². The van der Waals surface area contributed by atoms with Crippen LogP contribution in [0.3, 0.4) is 0 Å². The first kappa shape index (κ1) is 16.5. The van der Waals surface area contributed by atoms with Gasteiger partial charge in [-0.3, -0.25) is 4.98 Å². The van der Waals surface area contributed by atoms with Crippen molar-refractivity contribution in [2.24, 2.45) is 0 Å². The molecule has 0 unspecified atom stereocenters. The average Bonchev–Trinajstić information content (AvgIpc) is 3.47. The third-order valence-electron chi connectivity index (χ3n) is 5.35. The van der Waals surface area contributed by atoms with Crippen molar-refractivity contribution in [1.29, 1.82) is 0 Å². The Hall–Kier alpha value is -2.01. The molecule has 0 N–H and O–H groups in total. The van der Waals surface area contributed by atoms with Gasteiger partial charge in [0.1, 0.15) is 12.1 Å². The SMILES string of the molecule is Cc1cccc(CCN2CCC(N(c3ccncn3)C3CC3)CC2)n1. The summed E-state index contributed by atoms with van der Waals surface area (Å²) in [5.74, 6) is 1.11. The molecule has 1 aliphatic carbocycles. The van der Waals surface area contributed by atoms with E-state index in [9.17, 15) is 0 Å². The molecule has 1 aliphatic heterocycles. The molecule has 2 fully saturated rings. The second kappa shape index (κ2) is 7.48. The molecule has 0 spiro atoms. The van der Waals surface area contributed by atoms with E-state index >= 15 is 0 Å². The van der Waals surface area contributed by atoms with E-state index < -0.39 is 0 Å². The zero-order valence-corrected chi connectivity index (χ0v) is 15.0. The Kier molecular flexibility index (Phi) is 4.92. The molecule has 2 aliphatic rings. The number of hydrogen-bond acceptors (Lipinski definition) is 5. The maximum Gasteiger partial charge on any atom is 0.132 e. The Morgan fingerprint density at radius 1 is 1.08 bits per heavy atom. The number of anilines is 1. The smallest absolute Gasteiger partial charge is 0.132 e. The van der Waals surface area contributed by atoms with E-state index in [1.165, 1.54) is 44.5 Å². The first-order valence-corrected chi connectivity index (χ1v) is 9.49. The van der Waals surface area contributed by atoms with Crippen molar-refractivity contribution in [1.82, 2.24) is 19.9 Å². The highest BCUT2D eigenvalue weighted by Crippen LogP contribution is 2.34. The summed E-state index contributed by atoms with van der Waals surface area (Å²) in [6.07, 6.45) is 9.65. The van der Waals surface area contributed by atoms with Crippen LogP contribution in [-0.4, -0.2) is 51.6 Å². The number of likely N-dealkylation sites (tertiary alicyclic amines) is 1. The number of pyridine rings is 1. The van der Waals surface area contributed by atoms with Crippen molar-refractivity contribution in [2.75, 3.05) is 24.5 Å². The Morgan fingerprint density at radius 2 is 1.88 bits per heavy atom. The molecule has 0 bridgehead atoms. The lowest BCUT2D eigenvalue weighted by Crippen LogP contribution is -2.46. The van der Waals surface area contributed by atoms with E-state index in [-0.39, 0.29) is 0 Å². The van der Waals surface area contributed by atoms with Crippen molar-refractivity contribution >= 4 is 5.82 Å². The van der Waals surface area contributed by atoms with Gasteiger partial charge < -0.3 is 9.80 Å². The van der Waals surface area contributed by atoms with Gasteiger partial charge in [0.15, 0.2) is 0 Å². The second-order valence-electron chi connectivity index (χ2n) is 7.30. The summed E-state index contributed by atoms with van der Waals surface area (Å²) < 4.78 is 0. The third kappa shape index (κ3) is 4.15. The lowest BCUT2D eigenvalue weighted by atomic mass is 10.0. The van der Waals surface area contributed by atoms with Crippen molar-refractivity contribution in [3.8, 4) is 0 Å². The number of hydrogen-bond donors (Lipinski definition) is 0. The highest BCUT2D eigenvalue weighted by atomic mass is 15.3. The molecule has 2 aromatic heterocycles. The predicted molar refractivity (Wildman–Crippen MR) is 99.7 cm³/mol. The van der Waals surface area contributed by atoms with Crippen LogP contribution >= 0.6 is 0 Å². The van der Waals surface area contributed by atoms with Crippen LogP contribution in [0.4, 0.5) is 5.82 Å². The average molecular weight is 337 g/mol. The molecule has 0 aromatic carbocycles. The lowest BCUT2D eigenvalue weighted by molar-refractivity contribution is 0.209. The molecule has 2 aromatic rings. The molecule has 1 saturated heterocycles. The van der Waals surface area contributed by atoms with Crippen molar-refractivity contribution in [3.63, 3.8) is 0 Å². The van der Waals surface area contributed by atoms with E-state index in [0.717, 1.165) is 24.5 Å². The van der Waals surface area contributed by atoms with Crippen LogP contribution < -0.4 is 4.90 Å². The molecule has 3 heterocycles. The summed E-state index contributed by atoms with van der Waals surface area (Å²) in [6.45, 7) is 5.52. The van der Waals surface area contributed by atoms with Crippen molar-refractivity contribution in [2.45, 2.75) is 51.1 Å². The fraction of sp³-hybridized carbons (Fsp3) is 0.550. The van der Waals surface area contributed by atoms with Gasteiger partial charge in [-0.15, -0.1) is 0 Å². The van der Waals surface area contributed by atoms with Gasteiger partial charge in [-0.25, -0.2) is 9.97 Å². The minimum Gasteiger partial charge on any atom is -0.350 e. The minimum atomic E-state index is 0.621. The molecule has 5 nitrogen and oxygen atoms in total. The van der Waals surface area contributed by atoms with E-state index in [0.29, 0.717) is 12.1 Å². The van der Waals surface area contributed by atoms with E-state index in [1.807, 2.05) is 6.20 Å². The van der Waals surface area contributed by atoms with Gasteiger partial charge in [0, 0.05) is 55.7 Å². The Morgan fingerprint density at radius 3 is 2.56 bits per heavy atom. The van der Waals surface area contributed by atoms with Crippen LogP contribution in [-0.2, 0) is 6.42 Å². The molecular weight excluding hydrogens is 310 g/mol. The number of nitrogens with zero attached hydrogens (tertiary/aromatic N) is 5. The monoisotopic (exact) mass is 337 g/mol. The van der Waals surface area contributed by atoms with Crippen molar-refractivity contribution < 1.29 is 0 Å². The molecule has 0 atom stereocenters. The standard InChI is InChI=1S/C20H27N5/c1-16-3-2-4-17(23-16)8-12-24-13-9-19(10-14-24)25(18-5-6-18)20-7-11-21-15-22-20/h2-4,7,11,15,18-19H,5-6,8-10,12-14H2,1H3. The van der Waals surface area contributed by atoms with Gasteiger partial charge in [-0.1, -0.05) is 6.07 Å². The van der Waals surface area contributed by atoms with Crippen LogP contribution in [0.1, 0.15) is 37.1 Å². The molecule has 5 heteroatoms. The number of aryl methyl sites for hydroxylation is 1. The first-order valence-electron chi connectivity index (χ1n) is 9.49. The number of piperidine rings is 1. The first-order chi connectivity index (χ1) is 12.3. The van der Waals surface area contributed by atoms with Crippen LogP contribution in [0.25, 0.3) is 0 Å². The molecule has 1 saturated carbocycles. The largest absolute Gasteiger partial charge is 0.350 e. The van der Waals surface area contributed by atoms with Gasteiger partial charge in [-0.05, 0) is 50.8 Å². The topological polar surface area (TPSA) is 45.2 Å². The van der Waals surface area contributed by atoms with Gasteiger partial charge in [0.05, 0.1) is 0 Å². The van der Waals surface area contributed by atoms with E-state index in [2.05, 4.69) is 55.9 Å². The maximum atomic E-state index is 4.62. The van der Waals surface area contributed by atoms with Gasteiger partial charge >= 0.3 is 0 Å². The molecule has 0 amide bonds. The van der Waals surface area contributed by atoms with Gasteiger partial charge in [0.2, 0.25) is 0 Å². The normalized spacial score (nSPS) is 19.1. The number of rotatable bonds is 6. The summed E-state index contributed by atoms with van der Waals surface area (Å²) in [4.78, 5) is 18.4. The zero-order chi connectivity index (χ0) is 17.1. The highest BCUT2D eigenvalue weighted by molar-refractivity contribution is 5.41. The van der Waals surface area contributed by atoms with Crippen LogP contribution in [0.5, 0.6) is 0 Å². The fourth-order valence-corrected chi connectivity index (χ4v) is 3.89. The predicted octanol–water partition coefficient (Wildman–Crippen LogP) is 2.86. The van der Waals surface area contributed by atoms with Crippen LogP contribution in [0.2, 0.25) is 0 Å². The van der Waals surface area contributed by atoms with Crippen LogP contribution in [0.15, 0.2) is 36.8 Å². The third-order valence-corrected chi connectivity index (χ3v) is 5.35. The van der Waals surface area contributed by atoms with Gasteiger partial charge in [0.25, 0.3) is 0 Å². The quantitative estimate of drug-likeness (QED) is 0.811. The highest BCUT2D eigenvalue weighted by Gasteiger charge is 2.36. The molecular formula is C20H27N5. The minimum absolute atomic E-state index is 0.621. The lowest BCUT2D eigenvalue weighted by Gasteiger charge is -2.39. The second-order valence-corrected chi connectivity index (χ2v) is 7.30. The molecule has 0 radical (unpaired) electrons. The summed E-state index contributed by atoms with van der Waals surface area (Å²) >= 11 is 0. The Labute approximate surface area is 150 Å². The molecule has 25 heavy (non-hydrogen) atoms. The maximum absolute atomic E-state index is 4.62. The summed E-state index contributed by atoms with van der Waals surface area (Å²) in [5, 5.41) is 0. The summed E-state index contributed by atoms with van der Waals surface area (Å²) in [5.41, 5.74) is 2.32. The Balaban J connectivity index is 1.31. The zero-order valence-electron chi connectivity index (χ0n) is 15.0. The Bertz CT molecular complexity index is 677. The van der Waals surface area contributed by atoms with E-state index in [1.54, 1.807) is 6.33 Å². The summed E-state index contributed by atoms with van der Waals surface area (Å²) in [7, 11) is 0. The van der Waals surface area contributed by atoms with Crippen molar-refractivity contribution in [3.05, 3.63) is 48.2 Å². The van der Waals surface area contributed by atoms with Gasteiger partial charge in [-0.2, -0.15) is 0 Å². The molecule has 132 valence electrons. The van der Waals surface area contributed by atoms with E-state index in [4.69, 9.17) is 0 Å². The summed E-state index contributed by atoms with van der Waals surface area (Å²) in [6, 6.07) is 9.70. The fourth-order valence-electron chi connectivity index (χ4n) is 3.89.